The maximum absolute atomic E-state index is 12.4. The number of ketones is 1. The lowest BCUT2D eigenvalue weighted by Crippen LogP contribution is -2.35. The molecule has 0 saturated carbocycles. The topological polar surface area (TPSA) is 51.1 Å². The summed E-state index contributed by atoms with van der Waals surface area (Å²) in [5, 5.41) is 3.52. The molecular weight excluding hydrogens is 276 g/mol. The number of hydrogen-bond acceptors (Lipinski definition) is 2. The summed E-state index contributed by atoms with van der Waals surface area (Å²) in [5.74, 6) is -0.995. The highest BCUT2D eigenvalue weighted by molar-refractivity contribution is 6.45. The second-order valence-electron chi connectivity index (χ2n) is 5.92. The number of aromatic nitrogens is 1. The van der Waals surface area contributed by atoms with E-state index in [2.05, 4.69) is 16.8 Å². The Morgan fingerprint density at radius 2 is 1.91 bits per heavy atom. The fourth-order valence-electron chi connectivity index (χ4n) is 2.59. The van der Waals surface area contributed by atoms with Gasteiger partial charge in [0.25, 0.3) is 11.7 Å². The first-order valence-corrected chi connectivity index (χ1v) is 7.97. The van der Waals surface area contributed by atoms with Crippen molar-refractivity contribution in [2.75, 3.05) is 0 Å². The highest BCUT2D eigenvalue weighted by atomic mass is 16.2. The molecule has 0 bridgehead atoms. The lowest BCUT2D eigenvalue weighted by molar-refractivity contribution is -0.117. The van der Waals surface area contributed by atoms with Crippen LogP contribution in [0.15, 0.2) is 30.5 Å². The molecule has 1 aromatic carbocycles. The number of hydrogen-bond donors (Lipinski definition) is 1. The van der Waals surface area contributed by atoms with Crippen LogP contribution in [0.1, 0.15) is 50.4 Å². The second-order valence-corrected chi connectivity index (χ2v) is 5.92. The molecule has 0 radical (unpaired) electrons. The van der Waals surface area contributed by atoms with Gasteiger partial charge in [0.15, 0.2) is 0 Å². The maximum atomic E-state index is 12.4. The summed E-state index contributed by atoms with van der Waals surface area (Å²) in [5.41, 5.74) is 1.50. The zero-order chi connectivity index (χ0) is 16.1. The number of aryl methyl sites for hydroxylation is 1. The average molecular weight is 300 g/mol. The monoisotopic (exact) mass is 300 g/mol. The molecule has 0 aliphatic carbocycles. The van der Waals surface area contributed by atoms with E-state index < -0.39 is 11.7 Å². The number of nitrogens with one attached hydrogen (secondary N) is 1. The number of carbonyl (C=O) groups excluding carboxylic acids is 2. The second kappa shape index (κ2) is 7.25. The van der Waals surface area contributed by atoms with Crippen LogP contribution < -0.4 is 5.32 Å². The Hall–Kier alpha value is -2.10. The summed E-state index contributed by atoms with van der Waals surface area (Å²) >= 11 is 0. The molecule has 2 aromatic rings. The van der Waals surface area contributed by atoms with E-state index in [1.165, 1.54) is 0 Å². The Morgan fingerprint density at radius 1 is 1.18 bits per heavy atom. The number of rotatable bonds is 7. The Morgan fingerprint density at radius 3 is 2.59 bits per heavy atom. The predicted molar refractivity (Wildman–Crippen MR) is 89.1 cm³/mol. The normalized spacial score (nSPS) is 11.1. The fourth-order valence-corrected chi connectivity index (χ4v) is 2.59. The molecule has 0 saturated heterocycles. The Kier molecular flexibility index (Phi) is 5.36. The van der Waals surface area contributed by atoms with E-state index in [0.29, 0.717) is 5.56 Å². The zero-order valence-corrected chi connectivity index (χ0v) is 13.6. The molecule has 0 atom stereocenters. The number of Topliss-reactive ketones (excluding diaryl/α,β-unsaturated/α-hetero) is 1. The molecule has 1 N–H and O–H groups in total. The molecule has 0 unspecified atom stereocenters. The number of amides is 1. The molecule has 1 amide bonds. The van der Waals surface area contributed by atoms with E-state index in [1.54, 1.807) is 0 Å². The fraction of sp³-hybridized carbons (Fsp3) is 0.444. The van der Waals surface area contributed by atoms with Crippen molar-refractivity contribution in [2.24, 2.45) is 0 Å². The first kappa shape index (κ1) is 16.3. The van der Waals surface area contributed by atoms with Crippen molar-refractivity contribution in [3.63, 3.8) is 0 Å². The molecule has 0 aliphatic heterocycles. The van der Waals surface area contributed by atoms with Gasteiger partial charge in [0, 0.05) is 29.7 Å². The average Bonchev–Trinajstić information content (AvgIpc) is 2.85. The summed E-state index contributed by atoms with van der Waals surface area (Å²) in [6, 6.07) is 7.71. The van der Waals surface area contributed by atoms with Crippen molar-refractivity contribution in [3.05, 3.63) is 36.0 Å². The van der Waals surface area contributed by atoms with Gasteiger partial charge in [0.2, 0.25) is 0 Å². The van der Waals surface area contributed by atoms with Crippen LogP contribution in [0, 0.1) is 0 Å². The first-order valence-electron chi connectivity index (χ1n) is 7.97. The quantitative estimate of drug-likeness (QED) is 0.483. The largest absolute Gasteiger partial charge is 0.347 e. The zero-order valence-electron chi connectivity index (χ0n) is 13.6. The van der Waals surface area contributed by atoms with Crippen LogP contribution in [0.4, 0.5) is 0 Å². The van der Waals surface area contributed by atoms with Crippen molar-refractivity contribution < 1.29 is 9.59 Å². The van der Waals surface area contributed by atoms with E-state index in [-0.39, 0.29) is 6.04 Å². The third-order valence-electron chi connectivity index (χ3n) is 3.66. The smallest absolute Gasteiger partial charge is 0.292 e. The van der Waals surface area contributed by atoms with Crippen molar-refractivity contribution in [1.82, 2.24) is 9.88 Å². The molecule has 2 rings (SSSR count). The standard InChI is InChI=1S/C18H24N2O2/c1-4-5-8-11-20-12-15(14-9-6-7-10-16(14)20)17(21)18(22)19-13(2)3/h6-7,9-10,12-13H,4-5,8,11H2,1-3H3,(H,19,22). The highest BCUT2D eigenvalue weighted by Crippen LogP contribution is 2.22. The molecule has 1 aromatic heterocycles. The van der Waals surface area contributed by atoms with Gasteiger partial charge in [0.05, 0.1) is 5.56 Å². The molecule has 0 spiro atoms. The minimum atomic E-state index is -0.536. The first-order chi connectivity index (χ1) is 10.5. The Bertz CT molecular complexity index is 671. The van der Waals surface area contributed by atoms with E-state index in [9.17, 15) is 9.59 Å². The summed E-state index contributed by atoms with van der Waals surface area (Å²) in [4.78, 5) is 24.4. The lowest BCUT2D eigenvalue weighted by atomic mass is 10.1. The van der Waals surface area contributed by atoms with Crippen molar-refractivity contribution >= 4 is 22.6 Å². The number of para-hydroxylation sites is 1. The minimum absolute atomic E-state index is 0.0469. The molecule has 118 valence electrons. The van der Waals surface area contributed by atoms with Gasteiger partial charge in [0.1, 0.15) is 0 Å². The number of nitrogens with zero attached hydrogens (tertiary/aromatic N) is 1. The number of carbonyl (C=O) groups is 2. The van der Waals surface area contributed by atoms with Crippen molar-refractivity contribution in [2.45, 2.75) is 52.6 Å². The number of benzene rings is 1. The van der Waals surface area contributed by atoms with Crippen LogP contribution in [0.3, 0.4) is 0 Å². The minimum Gasteiger partial charge on any atom is -0.347 e. The van der Waals surface area contributed by atoms with Crippen LogP contribution in [0.25, 0.3) is 10.9 Å². The molecule has 0 fully saturated rings. The Labute approximate surface area is 131 Å². The van der Waals surface area contributed by atoms with E-state index in [1.807, 2.05) is 44.3 Å². The Balaban J connectivity index is 2.33. The lowest BCUT2D eigenvalue weighted by Gasteiger charge is -2.06. The van der Waals surface area contributed by atoms with Crippen molar-refractivity contribution in [3.8, 4) is 0 Å². The summed E-state index contributed by atoms with van der Waals surface area (Å²) < 4.78 is 2.08. The van der Waals surface area contributed by atoms with Gasteiger partial charge in [-0.2, -0.15) is 0 Å². The number of unbranched alkanes of at least 4 members (excludes halogenated alkanes) is 2. The van der Waals surface area contributed by atoms with Gasteiger partial charge in [-0.15, -0.1) is 0 Å². The van der Waals surface area contributed by atoms with Gasteiger partial charge in [-0.1, -0.05) is 38.0 Å². The molecular formula is C18H24N2O2. The van der Waals surface area contributed by atoms with Gasteiger partial charge in [-0.3, -0.25) is 9.59 Å². The molecule has 22 heavy (non-hydrogen) atoms. The van der Waals surface area contributed by atoms with Crippen molar-refractivity contribution in [1.29, 1.82) is 0 Å². The summed E-state index contributed by atoms with van der Waals surface area (Å²) in [6.07, 6.45) is 5.20. The third kappa shape index (κ3) is 3.56. The van der Waals surface area contributed by atoms with Crippen LogP contribution in [-0.2, 0) is 11.3 Å². The molecule has 0 aliphatic rings. The van der Waals surface area contributed by atoms with E-state index >= 15 is 0 Å². The van der Waals surface area contributed by atoms with Gasteiger partial charge in [-0.05, 0) is 26.3 Å². The van der Waals surface area contributed by atoms with Crippen LogP contribution in [0.5, 0.6) is 0 Å². The van der Waals surface area contributed by atoms with Gasteiger partial charge in [-0.25, -0.2) is 0 Å². The predicted octanol–water partition coefficient (Wildman–Crippen LogP) is 3.54. The molecule has 4 heteroatoms. The molecule has 1 heterocycles. The van der Waals surface area contributed by atoms with E-state index in [0.717, 1.165) is 36.7 Å². The van der Waals surface area contributed by atoms with Crippen LogP contribution >= 0.6 is 0 Å². The van der Waals surface area contributed by atoms with Crippen LogP contribution in [-0.4, -0.2) is 22.3 Å². The third-order valence-corrected chi connectivity index (χ3v) is 3.66. The summed E-state index contributed by atoms with van der Waals surface area (Å²) in [7, 11) is 0. The number of fused-ring (bicyclic) bond motifs is 1. The van der Waals surface area contributed by atoms with Gasteiger partial charge < -0.3 is 9.88 Å². The maximum Gasteiger partial charge on any atom is 0.292 e. The SMILES string of the molecule is CCCCCn1cc(C(=O)C(=O)NC(C)C)c2ccccc21. The molecule has 4 nitrogen and oxygen atoms in total. The van der Waals surface area contributed by atoms with Crippen LogP contribution in [0.2, 0.25) is 0 Å². The van der Waals surface area contributed by atoms with Gasteiger partial charge >= 0.3 is 0 Å². The highest BCUT2D eigenvalue weighted by Gasteiger charge is 2.21. The summed E-state index contributed by atoms with van der Waals surface area (Å²) in [6.45, 7) is 6.73. The van der Waals surface area contributed by atoms with E-state index in [4.69, 9.17) is 0 Å².